The van der Waals surface area contributed by atoms with Gasteiger partial charge in [-0.2, -0.15) is 0 Å². The second-order valence-corrected chi connectivity index (χ2v) is 7.64. The van der Waals surface area contributed by atoms with Crippen LogP contribution in [0.4, 0.5) is 0 Å². The second kappa shape index (κ2) is 6.82. The maximum atomic E-state index is 13.2. The largest absolute Gasteiger partial charge is 0.497 e. The minimum atomic E-state index is -0.0688. The number of carbonyl (C=O) groups excluding carboxylic acids is 2. The smallest absolute Gasteiger partial charge is 0.257 e. The van der Waals surface area contributed by atoms with E-state index in [1.54, 1.807) is 32.4 Å². The number of amides is 2. The zero-order valence-corrected chi connectivity index (χ0v) is 15.4. The molecule has 2 bridgehead atoms. The molecule has 3 heterocycles. The summed E-state index contributed by atoms with van der Waals surface area (Å²) < 4.78 is 10.6. The van der Waals surface area contributed by atoms with E-state index >= 15 is 0 Å². The van der Waals surface area contributed by atoms with Gasteiger partial charge in [0.15, 0.2) is 0 Å². The number of nitrogens with zero attached hydrogens (tertiary/aromatic N) is 2. The van der Waals surface area contributed by atoms with Gasteiger partial charge in [0.25, 0.3) is 5.91 Å². The molecule has 1 saturated carbocycles. The van der Waals surface area contributed by atoms with Gasteiger partial charge in [0, 0.05) is 31.7 Å². The fourth-order valence-electron chi connectivity index (χ4n) is 4.17. The molecular weight excluding hydrogens is 332 g/mol. The molecular formula is C20H26N2O4. The molecule has 3 aliphatic heterocycles. The van der Waals surface area contributed by atoms with Crippen LogP contribution in [0.1, 0.15) is 36.0 Å². The van der Waals surface area contributed by atoms with Gasteiger partial charge < -0.3 is 19.3 Å². The molecule has 6 nitrogen and oxygen atoms in total. The van der Waals surface area contributed by atoms with Crippen molar-refractivity contribution in [1.29, 1.82) is 0 Å². The van der Waals surface area contributed by atoms with E-state index in [9.17, 15) is 9.59 Å². The Bertz CT molecular complexity index is 716. The molecule has 0 radical (unpaired) electrons. The van der Waals surface area contributed by atoms with Crippen LogP contribution in [0.3, 0.4) is 0 Å². The molecule has 1 aliphatic carbocycles. The summed E-state index contributed by atoms with van der Waals surface area (Å²) in [5.74, 6) is 1.93. The van der Waals surface area contributed by atoms with E-state index < -0.39 is 0 Å². The van der Waals surface area contributed by atoms with Crippen molar-refractivity contribution in [1.82, 2.24) is 9.80 Å². The Morgan fingerprint density at radius 2 is 1.92 bits per heavy atom. The summed E-state index contributed by atoms with van der Waals surface area (Å²) in [4.78, 5) is 29.9. The maximum Gasteiger partial charge on any atom is 0.257 e. The Kier molecular flexibility index (Phi) is 4.51. The fourth-order valence-corrected chi connectivity index (χ4v) is 4.17. The fraction of sp³-hybridized carbons (Fsp3) is 0.600. The normalized spacial score (nSPS) is 25.2. The predicted octanol–water partition coefficient (Wildman–Crippen LogP) is 2.18. The quantitative estimate of drug-likeness (QED) is 0.809. The molecule has 3 saturated heterocycles. The molecule has 4 fully saturated rings. The van der Waals surface area contributed by atoms with Crippen LogP contribution < -0.4 is 9.47 Å². The first-order valence-corrected chi connectivity index (χ1v) is 9.42. The van der Waals surface area contributed by atoms with Crippen LogP contribution in [0.25, 0.3) is 0 Å². The van der Waals surface area contributed by atoms with Gasteiger partial charge in [-0.15, -0.1) is 0 Å². The third-order valence-electron chi connectivity index (χ3n) is 5.87. The number of carbonyl (C=O) groups is 2. The summed E-state index contributed by atoms with van der Waals surface area (Å²) >= 11 is 0. The average Bonchev–Trinajstić information content (AvgIpc) is 3.50. The van der Waals surface area contributed by atoms with Crippen LogP contribution in [-0.4, -0.2) is 61.5 Å². The maximum absolute atomic E-state index is 13.2. The average molecular weight is 358 g/mol. The molecule has 4 aliphatic rings. The minimum absolute atomic E-state index is 0.0672. The van der Waals surface area contributed by atoms with E-state index in [-0.39, 0.29) is 23.8 Å². The lowest BCUT2D eigenvalue weighted by molar-refractivity contribution is -0.140. The van der Waals surface area contributed by atoms with Gasteiger partial charge in [0.2, 0.25) is 5.91 Å². The Hall–Kier alpha value is -2.24. The number of piperidine rings is 1. The summed E-state index contributed by atoms with van der Waals surface area (Å²) in [6, 6.07) is 5.39. The van der Waals surface area contributed by atoms with Gasteiger partial charge >= 0.3 is 0 Å². The number of fused-ring (bicyclic) bond motifs is 4. The molecule has 0 aromatic heterocycles. The molecule has 1 aromatic rings. The number of rotatable bonds is 5. The van der Waals surface area contributed by atoms with Gasteiger partial charge in [-0.25, -0.2) is 0 Å². The van der Waals surface area contributed by atoms with Crippen molar-refractivity contribution < 1.29 is 19.1 Å². The molecule has 5 rings (SSSR count). The van der Waals surface area contributed by atoms with Crippen molar-refractivity contribution in [3.05, 3.63) is 23.8 Å². The van der Waals surface area contributed by atoms with Crippen LogP contribution in [0, 0.1) is 11.8 Å². The van der Waals surface area contributed by atoms with Crippen LogP contribution in [0.15, 0.2) is 18.2 Å². The number of hydrogen-bond donors (Lipinski definition) is 0. The van der Waals surface area contributed by atoms with Gasteiger partial charge in [0.1, 0.15) is 11.5 Å². The highest BCUT2D eigenvalue weighted by molar-refractivity contribution is 5.97. The number of benzene rings is 1. The summed E-state index contributed by atoms with van der Waals surface area (Å²) in [5.41, 5.74) is 0.524. The Morgan fingerprint density at radius 1 is 1.12 bits per heavy atom. The van der Waals surface area contributed by atoms with E-state index in [0.29, 0.717) is 36.1 Å². The highest BCUT2D eigenvalue weighted by Gasteiger charge is 2.43. The van der Waals surface area contributed by atoms with Gasteiger partial charge in [-0.05, 0) is 43.7 Å². The molecule has 0 N–H and O–H groups in total. The molecule has 0 spiro atoms. The van der Waals surface area contributed by atoms with E-state index in [1.165, 1.54) is 12.8 Å². The molecule has 1 aromatic carbocycles. The van der Waals surface area contributed by atoms with E-state index in [4.69, 9.17) is 9.47 Å². The first-order valence-electron chi connectivity index (χ1n) is 9.42. The van der Waals surface area contributed by atoms with Gasteiger partial charge in [-0.3, -0.25) is 9.59 Å². The van der Waals surface area contributed by atoms with Crippen LogP contribution >= 0.6 is 0 Å². The van der Waals surface area contributed by atoms with Crippen LogP contribution in [-0.2, 0) is 4.79 Å². The molecule has 6 heteroatoms. The predicted molar refractivity (Wildman–Crippen MR) is 96.4 cm³/mol. The molecule has 26 heavy (non-hydrogen) atoms. The zero-order chi connectivity index (χ0) is 18.3. The SMILES string of the molecule is COc1ccc(C(=O)N2C[C@H]3CC[C@@H](C2)N(CC2CC2)C3=O)c(OC)c1. The number of hydrogen-bond acceptors (Lipinski definition) is 4. The highest BCUT2D eigenvalue weighted by atomic mass is 16.5. The second-order valence-electron chi connectivity index (χ2n) is 7.64. The lowest BCUT2D eigenvalue weighted by Crippen LogP contribution is -2.48. The summed E-state index contributed by atoms with van der Waals surface area (Å²) in [5, 5.41) is 0. The summed E-state index contributed by atoms with van der Waals surface area (Å²) in [7, 11) is 3.14. The third-order valence-corrected chi connectivity index (χ3v) is 5.87. The highest BCUT2D eigenvalue weighted by Crippen LogP contribution is 2.36. The van der Waals surface area contributed by atoms with E-state index in [1.807, 2.05) is 4.90 Å². The van der Waals surface area contributed by atoms with Crippen LogP contribution in [0.2, 0.25) is 0 Å². The molecule has 2 amide bonds. The van der Waals surface area contributed by atoms with Crippen molar-refractivity contribution in [2.45, 2.75) is 31.7 Å². The van der Waals surface area contributed by atoms with Crippen molar-refractivity contribution in [3.63, 3.8) is 0 Å². The van der Waals surface area contributed by atoms with E-state index in [0.717, 1.165) is 19.4 Å². The van der Waals surface area contributed by atoms with Crippen LogP contribution in [0.5, 0.6) is 11.5 Å². The third kappa shape index (κ3) is 3.13. The summed E-state index contributed by atoms with van der Waals surface area (Å²) in [6.45, 7) is 1.99. The van der Waals surface area contributed by atoms with E-state index in [2.05, 4.69) is 4.90 Å². The van der Waals surface area contributed by atoms with Crippen molar-refractivity contribution in [3.8, 4) is 11.5 Å². The number of methoxy groups -OCH3 is 2. The Balaban J connectivity index is 1.56. The topological polar surface area (TPSA) is 59.1 Å². The molecule has 2 atom stereocenters. The minimum Gasteiger partial charge on any atom is -0.497 e. The first-order chi connectivity index (χ1) is 12.6. The summed E-state index contributed by atoms with van der Waals surface area (Å²) in [6.07, 6.45) is 4.33. The number of ether oxygens (including phenoxy) is 2. The molecule has 140 valence electrons. The van der Waals surface area contributed by atoms with Crippen molar-refractivity contribution in [2.75, 3.05) is 33.9 Å². The lowest BCUT2D eigenvalue weighted by atomic mass is 9.94. The standard InChI is InChI=1S/C20H26N2O4/c1-25-16-7-8-17(18(9-16)26-2)20(24)21-11-14-5-6-15(12-21)22(19(14)23)10-13-3-4-13/h7-9,13-15H,3-6,10-12H2,1-2H3/t14-,15+/m1/s1. The lowest BCUT2D eigenvalue weighted by Gasteiger charge is -2.36. The van der Waals surface area contributed by atoms with Gasteiger partial charge in [0.05, 0.1) is 25.7 Å². The Morgan fingerprint density at radius 3 is 2.62 bits per heavy atom. The molecule has 0 unspecified atom stereocenters. The van der Waals surface area contributed by atoms with Gasteiger partial charge in [-0.1, -0.05) is 0 Å². The zero-order valence-electron chi connectivity index (χ0n) is 15.4. The van der Waals surface area contributed by atoms with Crippen molar-refractivity contribution in [2.24, 2.45) is 11.8 Å². The first kappa shape index (κ1) is 17.2. The Labute approximate surface area is 154 Å². The van der Waals surface area contributed by atoms with Crippen molar-refractivity contribution >= 4 is 11.8 Å². The monoisotopic (exact) mass is 358 g/mol.